The van der Waals surface area contributed by atoms with Gasteiger partial charge in [0.25, 0.3) is 0 Å². The van der Waals surface area contributed by atoms with E-state index in [9.17, 15) is 79.2 Å². The summed E-state index contributed by atoms with van der Waals surface area (Å²) in [7, 11) is 0. The molecule has 4 aromatic heterocycles. The van der Waals surface area contributed by atoms with Gasteiger partial charge in [-0.25, -0.2) is 58.3 Å². The van der Waals surface area contributed by atoms with Crippen molar-refractivity contribution in [1.82, 2.24) is 19.9 Å². The molecular weight excluding hydrogens is 832 g/mol. The molecule has 0 fully saturated rings. The Morgan fingerprint density at radius 2 is 0.435 bits per heavy atom. The lowest BCUT2D eigenvalue weighted by atomic mass is 9.99. The van der Waals surface area contributed by atoms with Crippen LogP contribution in [0.4, 0.5) is 0 Å². The zero-order valence-corrected chi connectivity index (χ0v) is 30.9. The first-order valence-electron chi connectivity index (χ1n) is 16.9. The van der Waals surface area contributed by atoms with Gasteiger partial charge in [-0.15, -0.1) is 0 Å². The summed E-state index contributed by atoms with van der Waals surface area (Å²) >= 11 is 0. The Hall–Kier alpha value is -9.22. The zero-order chi connectivity index (χ0) is 45.4. The van der Waals surface area contributed by atoms with Crippen LogP contribution in [0.1, 0.15) is 106 Å². The van der Waals surface area contributed by atoms with Gasteiger partial charge in [-0.05, 0) is 34.4 Å². The molecule has 4 heterocycles. The predicted octanol–water partition coefficient (Wildman–Crippen LogP) is 3.17. The maximum Gasteiger partial charge on any atom is 0.354 e. The average molecular weight is 859 g/mol. The van der Waals surface area contributed by atoms with E-state index in [0.717, 1.165) is 48.5 Å². The lowest BCUT2D eigenvalue weighted by Gasteiger charge is -2.19. The molecule has 0 aliphatic carbocycles. The molecule has 0 atom stereocenters. The zero-order valence-electron chi connectivity index (χ0n) is 30.9. The first kappa shape index (κ1) is 43.9. The highest BCUT2D eigenvalue weighted by Gasteiger charge is 2.21. The molecule has 0 bridgehead atoms. The molecule has 0 radical (unpaired) electrons. The first-order chi connectivity index (χ1) is 29.3. The molecule has 0 spiro atoms. The summed E-state index contributed by atoms with van der Waals surface area (Å²) in [5, 5.41) is 76.0. The minimum Gasteiger partial charge on any atom is -0.489 e. The molecule has 5 aromatic rings. The molecule has 0 amide bonds. The summed E-state index contributed by atoms with van der Waals surface area (Å²) in [5.74, 6) is -13.9. The summed E-state index contributed by atoms with van der Waals surface area (Å²) in [6.45, 7) is -2.10. The molecule has 0 unspecified atom stereocenters. The van der Waals surface area contributed by atoms with Crippen molar-refractivity contribution >= 4 is 47.8 Å². The SMILES string of the molecule is O=C(O)c1cc(OCc2cc(COc3cc(C(=O)O)nc(C(=O)O)c3)c(COc3cc(C(=O)O)nc(C(=O)O)c3)cc2COc2cc(C(=O)O)nc(C(=O)O)c2)cc(C(=O)O)n1. The van der Waals surface area contributed by atoms with Crippen LogP contribution in [0.2, 0.25) is 0 Å². The van der Waals surface area contributed by atoms with Crippen molar-refractivity contribution in [2.24, 2.45) is 0 Å². The van der Waals surface area contributed by atoms with Crippen LogP contribution in [0.15, 0.2) is 60.7 Å². The lowest BCUT2D eigenvalue weighted by molar-refractivity contribution is 0.0662. The molecule has 8 N–H and O–H groups in total. The predicted molar refractivity (Wildman–Crippen MR) is 196 cm³/mol. The molecule has 0 aliphatic heterocycles. The number of carboxylic acids is 8. The molecule has 1 aromatic carbocycles. The van der Waals surface area contributed by atoms with E-state index in [-0.39, 0.29) is 45.3 Å². The van der Waals surface area contributed by atoms with Crippen LogP contribution >= 0.6 is 0 Å². The molecule has 0 aliphatic rings. The number of aromatic nitrogens is 4. The molecule has 24 nitrogen and oxygen atoms in total. The number of carbonyl (C=O) groups is 8. The third-order valence-electron chi connectivity index (χ3n) is 8.05. The summed E-state index contributed by atoms with van der Waals surface area (Å²) in [6, 6.07) is 10.1. The fourth-order valence-corrected chi connectivity index (χ4v) is 5.20. The van der Waals surface area contributed by atoms with Crippen LogP contribution in [-0.2, 0) is 26.4 Å². The maximum absolute atomic E-state index is 11.7. The number of aromatic carboxylic acids is 8. The number of ether oxygens (including phenoxy) is 4. The summed E-state index contributed by atoms with van der Waals surface area (Å²) in [4.78, 5) is 108. The van der Waals surface area contributed by atoms with Crippen molar-refractivity contribution in [2.75, 3.05) is 0 Å². The van der Waals surface area contributed by atoms with Gasteiger partial charge in [-0.3, -0.25) is 0 Å². The molecule has 0 saturated carbocycles. The van der Waals surface area contributed by atoms with Crippen molar-refractivity contribution in [3.05, 3.63) is 128 Å². The Morgan fingerprint density at radius 1 is 0.290 bits per heavy atom. The van der Waals surface area contributed by atoms with Crippen LogP contribution < -0.4 is 18.9 Å². The van der Waals surface area contributed by atoms with Crippen molar-refractivity contribution in [3.8, 4) is 23.0 Å². The smallest absolute Gasteiger partial charge is 0.354 e. The Morgan fingerprint density at radius 3 is 0.565 bits per heavy atom. The topological polar surface area (TPSA) is 387 Å². The Bertz CT molecular complexity index is 2210. The van der Waals surface area contributed by atoms with Gasteiger partial charge in [0.05, 0.1) is 0 Å². The highest BCUT2D eigenvalue weighted by Crippen LogP contribution is 2.27. The van der Waals surface area contributed by atoms with Gasteiger partial charge in [0.1, 0.15) is 49.4 Å². The number of pyridine rings is 4. The van der Waals surface area contributed by atoms with E-state index in [1.54, 1.807) is 0 Å². The van der Waals surface area contributed by atoms with E-state index < -0.39 is 120 Å². The first-order valence-corrected chi connectivity index (χ1v) is 16.9. The number of nitrogens with zero attached hydrogens (tertiary/aromatic N) is 4. The van der Waals surface area contributed by atoms with Gasteiger partial charge in [0.15, 0.2) is 45.6 Å². The molecule has 24 heteroatoms. The lowest BCUT2D eigenvalue weighted by Crippen LogP contribution is -2.13. The second-order valence-corrected chi connectivity index (χ2v) is 12.3. The highest BCUT2D eigenvalue weighted by molar-refractivity contribution is 5.93. The standard InChI is InChI=1S/C38H26N4O20/c43-31(44)23-3-19(4-24(39-23)32(45)46)59-11-15-1-16(12-60-20-5-25(33(47)48)40-26(6-20)34(49)50)18(14-62-22-9-29(37(55)56)42-30(10-22)38(57)58)2-17(15)13-61-21-7-27(35(51)52)41-28(8-21)36(53)54/h1-10H,11-14H2,(H,43,44)(H,45,46)(H,47,48)(H,49,50)(H,51,52)(H,53,54)(H,55,56)(H,57,58). The third-order valence-corrected chi connectivity index (χ3v) is 8.05. The average Bonchev–Trinajstić information content (AvgIpc) is 3.22. The van der Waals surface area contributed by atoms with Gasteiger partial charge in [0, 0.05) is 48.5 Å². The van der Waals surface area contributed by atoms with Gasteiger partial charge in [-0.2, -0.15) is 0 Å². The second kappa shape index (κ2) is 18.6. The monoisotopic (exact) mass is 858 g/mol. The summed E-state index contributed by atoms with van der Waals surface area (Å²) < 4.78 is 23.2. The maximum atomic E-state index is 11.7. The number of hydrogen-bond acceptors (Lipinski definition) is 16. The van der Waals surface area contributed by atoms with Crippen molar-refractivity contribution < 1.29 is 98.2 Å². The fraction of sp³-hybridized carbons (Fsp3) is 0.105. The molecule has 62 heavy (non-hydrogen) atoms. The molecule has 0 saturated heterocycles. The Labute approximate surface area is 343 Å². The van der Waals surface area contributed by atoms with Crippen molar-refractivity contribution in [1.29, 1.82) is 0 Å². The van der Waals surface area contributed by atoms with Crippen molar-refractivity contribution in [2.45, 2.75) is 26.4 Å². The summed E-state index contributed by atoms with van der Waals surface area (Å²) in [6.07, 6.45) is 0. The minimum absolute atomic E-state index is 0.140. The van der Waals surface area contributed by atoms with E-state index in [1.807, 2.05) is 0 Å². The number of rotatable bonds is 20. The van der Waals surface area contributed by atoms with Crippen LogP contribution in [0.5, 0.6) is 23.0 Å². The number of benzene rings is 1. The largest absolute Gasteiger partial charge is 0.489 e. The highest BCUT2D eigenvalue weighted by atomic mass is 16.5. The number of hydrogen-bond donors (Lipinski definition) is 8. The van der Waals surface area contributed by atoms with Gasteiger partial charge in [-0.1, -0.05) is 0 Å². The molecule has 318 valence electrons. The molecule has 5 rings (SSSR count). The minimum atomic E-state index is -1.59. The van der Waals surface area contributed by atoms with E-state index in [0.29, 0.717) is 0 Å². The van der Waals surface area contributed by atoms with Crippen LogP contribution in [-0.4, -0.2) is 109 Å². The third kappa shape index (κ3) is 11.0. The van der Waals surface area contributed by atoms with E-state index >= 15 is 0 Å². The van der Waals surface area contributed by atoms with E-state index in [1.165, 1.54) is 12.1 Å². The Kier molecular flexibility index (Phi) is 13.2. The van der Waals surface area contributed by atoms with E-state index in [4.69, 9.17) is 18.9 Å². The van der Waals surface area contributed by atoms with Gasteiger partial charge in [0.2, 0.25) is 0 Å². The normalized spacial score (nSPS) is 10.6. The van der Waals surface area contributed by atoms with E-state index in [2.05, 4.69) is 19.9 Å². The van der Waals surface area contributed by atoms with Gasteiger partial charge < -0.3 is 59.8 Å². The fourth-order valence-electron chi connectivity index (χ4n) is 5.20. The van der Waals surface area contributed by atoms with Crippen LogP contribution in [0.25, 0.3) is 0 Å². The van der Waals surface area contributed by atoms with Crippen LogP contribution in [0.3, 0.4) is 0 Å². The summed E-state index contributed by atoms with van der Waals surface area (Å²) in [5.41, 5.74) is -5.01. The number of carboxylic acid groups (broad SMARTS) is 8. The quantitative estimate of drug-likeness (QED) is 0.0557. The van der Waals surface area contributed by atoms with Crippen LogP contribution in [0, 0.1) is 0 Å². The van der Waals surface area contributed by atoms with Gasteiger partial charge >= 0.3 is 47.8 Å². The van der Waals surface area contributed by atoms with Crippen molar-refractivity contribution in [3.63, 3.8) is 0 Å². The molecular formula is C38H26N4O20. The second-order valence-electron chi connectivity index (χ2n) is 12.3. The Balaban J connectivity index is 1.64.